The molecule has 4 amide bonds. The fourth-order valence-electron chi connectivity index (χ4n) is 9.03. The molecule has 4 atom stereocenters. The van der Waals surface area contributed by atoms with E-state index in [0.29, 0.717) is 30.6 Å². The van der Waals surface area contributed by atoms with Crippen molar-refractivity contribution in [2.24, 2.45) is 17.6 Å². The van der Waals surface area contributed by atoms with Gasteiger partial charge in [0.15, 0.2) is 17.3 Å². The van der Waals surface area contributed by atoms with Crippen molar-refractivity contribution in [3.8, 4) is 5.75 Å². The number of nitrogens with two attached hydrogens (primary N) is 1. The quantitative estimate of drug-likeness (QED) is 0.0394. The minimum absolute atomic E-state index is 0.0310. The predicted molar refractivity (Wildman–Crippen MR) is 288 cm³/mol. The molecule has 1 aromatic rings. The number of benzene rings is 1. The molecule has 2 unspecified atom stereocenters. The van der Waals surface area contributed by atoms with E-state index in [2.05, 4.69) is 29.8 Å². The zero-order valence-electron chi connectivity index (χ0n) is 44.4. The first-order valence-corrected chi connectivity index (χ1v) is 29.2. The Kier molecular flexibility index (Phi) is 39.4. The molecule has 6 N–H and O–H groups in total. The Balaban J connectivity index is 2.94. The van der Waals surface area contributed by atoms with Gasteiger partial charge in [0.1, 0.15) is 5.75 Å². The van der Waals surface area contributed by atoms with Crippen molar-refractivity contribution in [1.82, 2.24) is 16.0 Å². The van der Waals surface area contributed by atoms with Gasteiger partial charge in [0.25, 0.3) is 0 Å². The van der Waals surface area contributed by atoms with E-state index in [1.165, 1.54) is 128 Å². The Bertz CT molecular complexity index is 1590. The number of Topliss-reactive ketones (excluding diaryl/α,β-unsaturated/α-hetero) is 3. The summed E-state index contributed by atoms with van der Waals surface area (Å²) >= 11 is 1.56. The molecule has 0 aliphatic heterocycles. The number of thioether (sulfide) groups is 1. The van der Waals surface area contributed by atoms with E-state index in [1.807, 2.05) is 6.26 Å². The Morgan fingerprint density at radius 3 is 1.51 bits per heavy atom. The smallest absolute Gasteiger partial charge is 0.224 e. The number of hydrogen-bond acceptors (Lipinski definition) is 9. The number of primary amides is 1. The second-order valence-electron chi connectivity index (χ2n) is 19.9. The number of ketones is 3. The first-order chi connectivity index (χ1) is 33.8. The van der Waals surface area contributed by atoms with Gasteiger partial charge in [-0.25, -0.2) is 0 Å². The average molecular weight is 999 g/mol. The van der Waals surface area contributed by atoms with Crippen LogP contribution in [0.4, 0.5) is 0 Å². The van der Waals surface area contributed by atoms with E-state index in [4.69, 9.17) is 5.73 Å². The second-order valence-corrected chi connectivity index (χ2v) is 20.8. The first-order valence-electron chi connectivity index (χ1n) is 27.8. The maximum absolute atomic E-state index is 14.1. The van der Waals surface area contributed by atoms with Gasteiger partial charge in [-0.2, -0.15) is 11.8 Å². The molecule has 0 bridgehead atoms. The topological polar surface area (TPSA) is 202 Å². The van der Waals surface area contributed by atoms with Gasteiger partial charge in [-0.1, -0.05) is 187 Å². The third kappa shape index (κ3) is 33.8. The van der Waals surface area contributed by atoms with Crippen LogP contribution >= 0.6 is 11.8 Å². The molecule has 13 heteroatoms. The van der Waals surface area contributed by atoms with Crippen molar-refractivity contribution in [1.29, 1.82) is 0 Å². The average Bonchev–Trinajstić information content (AvgIpc) is 3.34. The Morgan fingerprint density at radius 2 is 1.03 bits per heavy atom. The van der Waals surface area contributed by atoms with E-state index < -0.39 is 47.4 Å². The van der Waals surface area contributed by atoms with Gasteiger partial charge in [0.05, 0.1) is 18.6 Å². The van der Waals surface area contributed by atoms with Crippen molar-refractivity contribution >= 4 is 52.7 Å². The molecule has 0 aliphatic carbocycles. The zero-order chi connectivity index (χ0) is 51.6. The maximum Gasteiger partial charge on any atom is 0.224 e. The molecule has 0 aliphatic rings. The normalized spacial score (nSPS) is 13.0. The fourth-order valence-corrected chi connectivity index (χ4v) is 9.55. The van der Waals surface area contributed by atoms with Gasteiger partial charge >= 0.3 is 0 Å². The van der Waals surface area contributed by atoms with Gasteiger partial charge < -0.3 is 26.8 Å². The lowest BCUT2D eigenvalue weighted by Crippen LogP contribution is -2.45. The van der Waals surface area contributed by atoms with E-state index >= 15 is 0 Å². The van der Waals surface area contributed by atoms with Crippen molar-refractivity contribution in [2.75, 3.05) is 18.6 Å². The number of carbonyl (C=O) groups is 7. The van der Waals surface area contributed by atoms with Gasteiger partial charge in [0.2, 0.25) is 23.6 Å². The summed E-state index contributed by atoms with van der Waals surface area (Å²) in [4.78, 5) is 92.6. The number of rotatable bonds is 48. The molecule has 400 valence electrons. The third-order valence-electron chi connectivity index (χ3n) is 13.5. The summed E-state index contributed by atoms with van der Waals surface area (Å²) in [6.45, 7) is 5.78. The van der Waals surface area contributed by atoms with Gasteiger partial charge in [0, 0.05) is 43.9 Å². The Labute approximate surface area is 428 Å². The van der Waals surface area contributed by atoms with Crippen LogP contribution in [-0.2, 0) is 40.0 Å². The summed E-state index contributed by atoms with van der Waals surface area (Å²) in [7, 11) is 0. The van der Waals surface area contributed by atoms with Crippen molar-refractivity contribution in [3.05, 3.63) is 29.8 Å². The van der Waals surface area contributed by atoms with Gasteiger partial charge in [-0.15, -0.1) is 0 Å². The van der Waals surface area contributed by atoms with Crippen molar-refractivity contribution < 1.29 is 38.7 Å². The number of carbonyl (C=O) groups excluding carboxylic acids is 7. The number of phenols is 1. The van der Waals surface area contributed by atoms with Crippen LogP contribution in [0.3, 0.4) is 0 Å². The van der Waals surface area contributed by atoms with Crippen LogP contribution in [0.1, 0.15) is 238 Å². The van der Waals surface area contributed by atoms with Gasteiger partial charge in [-0.05, 0) is 61.8 Å². The van der Waals surface area contributed by atoms with Crippen LogP contribution < -0.4 is 21.7 Å². The number of aromatic hydroxyl groups is 1. The molecule has 0 heterocycles. The fraction of sp³-hybridized carbons (Fsp3) is 0.772. The number of nitrogens with one attached hydrogen (secondary N) is 3. The summed E-state index contributed by atoms with van der Waals surface area (Å²) in [5, 5.41) is 18.4. The van der Waals surface area contributed by atoms with Crippen LogP contribution in [-0.4, -0.2) is 76.7 Å². The maximum atomic E-state index is 14.1. The van der Waals surface area contributed by atoms with E-state index in [-0.39, 0.29) is 68.3 Å². The summed E-state index contributed by atoms with van der Waals surface area (Å²) in [6.07, 6.45) is 33.3. The summed E-state index contributed by atoms with van der Waals surface area (Å²) < 4.78 is 0. The number of amides is 4. The molecule has 0 saturated carbocycles. The summed E-state index contributed by atoms with van der Waals surface area (Å²) in [6, 6.07) is 4.61. The van der Waals surface area contributed by atoms with Crippen molar-refractivity contribution in [2.45, 2.75) is 251 Å². The standard InChI is InChI=1S/C57H98N4O8S/c1-5-8-10-12-14-16-18-19-20-22-23-25-27-29-31-50(60-55(67)32-30-28-26-24-21-17-15-13-11-9-6-2)53(65)43-46(39-40-70-4)56(68)59-44-49(63)42-47(41-45-33-35-48(62)36-34-45)57(69)61-51(52(64)7-3)37-38-54(58)66/h33-36,46-47,50-51,62H,5-32,37-44H2,1-4H3,(H2,58,66)(H,59,68)(H,60,67)(H,61,69)/t46?,47-,50?,51+/m1/s1. The third-order valence-corrected chi connectivity index (χ3v) is 14.2. The minimum atomic E-state index is -0.954. The lowest BCUT2D eigenvalue weighted by Gasteiger charge is -2.22. The van der Waals surface area contributed by atoms with E-state index in [0.717, 1.165) is 44.9 Å². The zero-order valence-corrected chi connectivity index (χ0v) is 45.2. The van der Waals surface area contributed by atoms with E-state index in [9.17, 15) is 38.7 Å². The molecule has 1 aromatic carbocycles. The molecule has 0 fully saturated rings. The highest BCUT2D eigenvalue weighted by atomic mass is 32.2. The van der Waals surface area contributed by atoms with E-state index in [1.54, 1.807) is 30.8 Å². The monoisotopic (exact) mass is 999 g/mol. The Morgan fingerprint density at radius 1 is 0.543 bits per heavy atom. The SMILES string of the molecule is CCCCCCCCCCCCCCCCC(NC(=O)CCCCCCCCCCCCC)C(=O)CC(CCSC)C(=O)NCC(=O)C[C@@H](Cc1ccc(O)cc1)C(=O)N[C@@H](CCC(N)=O)C(=O)CC. The summed E-state index contributed by atoms with van der Waals surface area (Å²) in [5.74, 6) is -3.54. The number of unbranched alkanes of at least 4 members (excludes halogenated alkanes) is 23. The minimum Gasteiger partial charge on any atom is -0.508 e. The molecular weight excluding hydrogens is 901 g/mol. The molecule has 12 nitrogen and oxygen atoms in total. The lowest BCUT2D eigenvalue weighted by atomic mass is 9.91. The molecule has 0 spiro atoms. The van der Waals surface area contributed by atoms with Crippen LogP contribution in [0.2, 0.25) is 0 Å². The van der Waals surface area contributed by atoms with Crippen LogP contribution in [0, 0.1) is 11.8 Å². The highest BCUT2D eigenvalue weighted by molar-refractivity contribution is 7.98. The number of hydrogen-bond donors (Lipinski definition) is 5. The summed E-state index contributed by atoms with van der Waals surface area (Å²) in [5.41, 5.74) is 6.00. The molecule has 0 radical (unpaired) electrons. The lowest BCUT2D eigenvalue weighted by molar-refractivity contribution is -0.134. The molecule has 1 rings (SSSR count). The predicted octanol–water partition coefficient (Wildman–Crippen LogP) is 11.7. The molecule has 70 heavy (non-hydrogen) atoms. The second kappa shape index (κ2) is 42.9. The molecule has 0 aromatic heterocycles. The Hall–Kier alpha value is -3.74. The highest BCUT2D eigenvalue weighted by Gasteiger charge is 2.30. The highest BCUT2D eigenvalue weighted by Crippen LogP contribution is 2.21. The van der Waals surface area contributed by atoms with Crippen LogP contribution in [0.25, 0.3) is 0 Å². The first kappa shape index (κ1) is 64.3. The molecule has 0 saturated heterocycles. The van der Waals surface area contributed by atoms with Crippen molar-refractivity contribution in [3.63, 3.8) is 0 Å². The number of phenolic OH excluding ortho intramolecular Hbond substituents is 1. The van der Waals surface area contributed by atoms with Gasteiger partial charge in [-0.3, -0.25) is 33.6 Å². The molecular formula is C57H98N4O8S. The largest absolute Gasteiger partial charge is 0.508 e. The van der Waals surface area contributed by atoms with Crippen LogP contribution in [0.5, 0.6) is 5.75 Å². The van der Waals surface area contributed by atoms with Crippen LogP contribution in [0.15, 0.2) is 24.3 Å².